The average Bonchev–Trinajstić information content (AvgIpc) is 2.32. The number of hydrogen-bond acceptors (Lipinski definition) is 2. The van der Waals surface area contributed by atoms with Crippen LogP contribution in [0.15, 0.2) is 18.2 Å². The van der Waals surface area contributed by atoms with Crippen LogP contribution in [-0.2, 0) is 4.79 Å². The van der Waals surface area contributed by atoms with Gasteiger partial charge in [0.25, 0.3) is 0 Å². The predicted octanol–water partition coefficient (Wildman–Crippen LogP) is 1.68. The van der Waals surface area contributed by atoms with Crippen molar-refractivity contribution in [1.29, 1.82) is 0 Å². The van der Waals surface area contributed by atoms with Crippen molar-refractivity contribution >= 4 is 40.5 Å². The third kappa shape index (κ3) is 4.20. The van der Waals surface area contributed by atoms with Crippen molar-refractivity contribution in [3.05, 3.63) is 28.8 Å². The minimum absolute atomic E-state index is 0.128. The highest BCUT2D eigenvalue weighted by Crippen LogP contribution is 2.22. The van der Waals surface area contributed by atoms with Gasteiger partial charge in [0.15, 0.2) is 5.11 Å². The molecular weight excluding hydrogens is 258 g/mol. The molecule has 0 aromatic heterocycles. The van der Waals surface area contributed by atoms with Gasteiger partial charge in [0, 0.05) is 17.8 Å². The first-order chi connectivity index (χ1) is 8.04. The molecule has 0 bridgehead atoms. The SMILES string of the molecule is CNC(=O)CNC(=S)Nc1cccc(Cl)c1C. The Morgan fingerprint density at radius 2 is 2.18 bits per heavy atom. The molecule has 92 valence electrons. The van der Waals surface area contributed by atoms with E-state index in [2.05, 4.69) is 16.0 Å². The summed E-state index contributed by atoms with van der Waals surface area (Å²) < 4.78 is 0. The molecule has 0 aliphatic carbocycles. The highest BCUT2D eigenvalue weighted by Gasteiger charge is 2.04. The van der Waals surface area contributed by atoms with Crippen LogP contribution in [0.4, 0.5) is 5.69 Å². The Kier molecular flexibility index (Phi) is 5.18. The summed E-state index contributed by atoms with van der Waals surface area (Å²) >= 11 is 11.0. The van der Waals surface area contributed by atoms with Crippen LogP contribution in [0.25, 0.3) is 0 Å². The van der Waals surface area contributed by atoms with E-state index in [4.69, 9.17) is 23.8 Å². The molecule has 0 heterocycles. The summed E-state index contributed by atoms with van der Waals surface area (Å²) in [6, 6.07) is 5.51. The molecule has 0 fully saturated rings. The van der Waals surface area contributed by atoms with Gasteiger partial charge in [-0.15, -0.1) is 0 Å². The minimum atomic E-state index is -0.128. The van der Waals surface area contributed by atoms with Crippen molar-refractivity contribution in [1.82, 2.24) is 10.6 Å². The maximum Gasteiger partial charge on any atom is 0.239 e. The third-order valence-corrected chi connectivity index (χ3v) is 2.86. The Morgan fingerprint density at radius 3 is 2.82 bits per heavy atom. The van der Waals surface area contributed by atoms with Crippen molar-refractivity contribution in [3.63, 3.8) is 0 Å². The average molecular weight is 272 g/mol. The number of benzene rings is 1. The van der Waals surface area contributed by atoms with Crippen LogP contribution in [0.1, 0.15) is 5.56 Å². The Morgan fingerprint density at radius 1 is 1.47 bits per heavy atom. The van der Waals surface area contributed by atoms with Crippen LogP contribution >= 0.6 is 23.8 Å². The third-order valence-electron chi connectivity index (χ3n) is 2.20. The molecule has 0 spiro atoms. The van der Waals surface area contributed by atoms with Crippen LogP contribution < -0.4 is 16.0 Å². The number of anilines is 1. The molecule has 0 aliphatic rings. The molecule has 0 atom stereocenters. The van der Waals surface area contributed by atoms with Gasteiger partial charge in [-0.3, -0.25) is 4.79 Å². The van der Waals surface area contributed by atoms with Gasteiger partial charge in [0.2, 0.25) is 5.91 Å². The fourth-order valence-electron chi connectivity index (χ4n) is 1.16. The minimum Gasteiger partial charge on any atom is -0.358 e. The van der Waals surface area contributed by atoms with Gasteiger partial charge >= 0.3 is 0 Å². The van der Waals surface area contributed by atoms with E-state index in [0.717, 1.165) is 11.3 Å². The molecule has 0 aliphatic heterocycles. The van der Waals surface area contributed by atoms with E-state index < -0.39 is 0 Å². The Bertz CT molecular complexity index is 437. The standard InChI is InChI=1S/C11H14ClN3OS/c1-7-8(12)4-3-5-9(7)15-11(17)14-6-10(16)13-2/h3-5H,6H2,1-2H3,(H,13,16)(H2,14,15,17). The van der Waals surface area contributed by atoms with Gasteiger partial charge in [-0.25, -0.2) is 0 Å². The summed E-state index contributed by atoms with van der Waals surface area (Å²) in [6.45, 7) is 2.04. The second-order valence-electron chi connectivity index (χ2n) is 3.39. The summed E-state index contributed by atoms with van der Waals surface area (Å²) in [5, 5.41) is 9.33. The molecule has 0 saturated carbocycles. The molecular formula is C11H14ClN3OS. The van der Waals surface area contributed by atoms with Crippen molar-refractivity contribution in [3.8, 4) is 0 Å². The number of thiocarbonyl (C=S) groups is 1. The fraction of sp³-hybridized carbons (Fsp3) is 0.273. The van der Waals surface area contributed by atoms with E-state index in [1.54, 1.807) is 7.05 Å². The quantitative estimate of drug-likeness (QED) is 0.733. The van der Waals surface area contributed by atoms with Gasteiger partial charge in [0.1, 0.15) is 0 Å². The maximum atomic E-state index is 11.0. The van der Waals surface area contributed by atoms with E-state index in [0.29, 0.717) is 10.1 Å². The number of likely N-dealkylation sites (N-methyl/N-ethyl adjacent to an activating group) is 1. The lowest BCUT2D eigenvalue weighted by molar-refractivity contribution is -0.119. The molecule has 6 heteroatoms. The molecule has 0 unspecified atom stereocenters. The normalized spacial score (nSPS) is 9.59. The van der Waals surface area contributed by atoms with Crippen LogP contribution in [0.2, 0.25) is 5.02 Å². The zero-order valence-corrected chi connectivity index (χ0v) is 11.2. The Hall–Kier alpha value is -1.33. The molecule has 1 rings (SSSR count). The molecule has 4 nitrogen and oxygen atoms in total. The topological polar surface area (TPSA) is 53.2 Å². The number of rotatable bonds is 3. The summed E-state index contributed by atoms with van der Waals surface area (Å²) in [7, 11) is 1.57. The van der Waals surface area contributed by atoms with E-state index in [1.807, 2.05) is 25.1 Å². The Labute approximate surface area is 111 Å². The first kappa shape index (κ1) is 13.7. The second-order valence-corrected chi connectivity index (χ2v) is 4.21. The van der Waals surface area contributed by atoms with Crippen LogP contribution in [0.3, 0.4) is 0 Å². The van der Waals surface area contributed by atoms with Crippen molar-refractivity contribution < 1.29 is 4.79 Å². The van der Waals surface area contributed by atoms with E-state index in [9.17, 15) is 4.79 Å². The summed E-state index contributed by atoms with van der Waals surface area (Å²) in [5.74, 6) is -0.128. The number of halogens is 1. The van der Waals surface area contributed by atoms with E-state index in [-0.39, 0.29) is 12.5 Å². The maximum absolute atomic E-state index is 11.0. The lowest BCUT2D eigenvalue weighted by atomic mass is 10.2. The van der Waals surface area contributed by atoms with Crippen molar-refractivity contribution in [2.45, 2.75) is 6.92 Å². The smallest absolute Gasteiger partial charge is 0.239 e. The van der Waals surface area contributed by atoms with E-state index >= 15 is 0 Å². The monoisotopic (exact) mass is 271 g/mol. The van der Waals surface area contributed by atoms with Gasteiger partial charge < -0.3 is 16.0 Å². The lowest BCUT2D eigenvalue weighted by Crippen LogP contribution is -2.37. The number of carbonyl (C=O) groups excluding carboxylic acids is 1. The van der Waals surface area contributed by atoms with Crippen LogP contribution in [-0.4, -0.2) is 24.6 Å². The predicted molar refractivity (Wildman–Crippen MR) is 74.5 cm³/mol. The molecule has 1 aromatic carbocycles. The first-order valence-corrected chi connectivity index (χ1v) is 5.83. The number of amides is 1. The second kappa shape index (κ2) is 6.42. The molecule has 3 N–H and O–H groups in total. The lowest BCUT2D eigenvalue weighted by Gasteiger charge is -2.12. The molecule has 17 heavy (non-hydrogen) atoms. The largest absolute Gasteiger partial charge is 0.358 e. The van der Waals surface area contributed by atoms with Gasteiger partial charge in [-0.1, -0.05) is 17.7 Å². The molecule has 0 radical (unpaired) electrons. The van der Waals surface area contributed by atoms with Gasteiger partial charge in [-0.05, 0) is 36.8 Å². The fourth-order valence-corrected chi connectivity index (χ4v) is 1.52. The summed E-state index contributed by atoms with van der Waals surface area (Å²) in [4.78, 5) is 11.0. The van der Waals surface area contributed by atoms with Crippen molar-refractivity contribution in [2.75, 3.05) is 18.9 Å². The van der Waals surface area contributed by atoms with Crippen molar-refractivity contribution in [2.24, 2.45) is 0 Å². The highest BCUT2D eigenvalue weighted by atomic mass is 35.5. The van der Waals surface area contributed by atoms with E-state index in [1.165, 1.54) is 0 Å². The molecule has 1 aromatic rings. The number of hydrogen-bond donors (Lipinski definition) is 3. The molecule has 1 amide bonds. The van der Waals surface area contributed by atoms with Gasteiger partial charge in [0.05, 0.1) is 6.54 Å². The summed E-state index contributed by atoms with van der Waals surface area (Å²) in [5.41, 5.74) is 1.74. The van der Waals surface area contributed by atoms with Gasteiger partial charge in [-0.2, -0.15) is 0 Å². The Balaban J connectivity index is 2.56. The number of nitrogens with one attached hydrogen (secondary N) is 3. The summed E-state index contributed by atoms with van der Waals surface area (Å²) in [6.07, 6.45) is 0. The molecule has 0 saturated heterocycles. The highest BCUT2D eigenvalue weighted by molar-refractivity contribution is 7.80. The number of carbonyl (C=O) groups is 1. The zero-order chi connectivity index (χ0) is 12.8. The van der Waals surface area contributed by atoms with Crippen LogP contribution in [0, 0.1) is 6.92 Å². The zero-order valence-electron chi connectivity index (χ0n) is 9.63. The van der Waals surface area contributed by atoms with Crippen LogP contribution in [0.5, 0.6) is 0 Å². The first-order valence-electron chi connectivity index (χ1n) is 5.05.